The average molecular weight is 693 g/mol. The predicted octanol–water partition coefficient (Wildman–Crippen LogP) is 4.05. The number of benzene rings is 1. The van der Waals surface area contributed by atoms with Crippen molar-refractivity contribution in [1.82, 2.24) is 20.0 Å². The highest BCUT2D eigenvalue weighted by atomic mass is 16.6. The van der Waals surface area contributed by atoms with Crippen molar-refractivity contribution >= 4 is 24.4 Å². The van der Waals surface area contributed by atoms with E-state index in [4.69, 9.17) is 14.2 Å². The van der Waals surface area contributed by atoms with Crippen molar-refractivity contribution < 1.29 is 38.1 Å². The van der Waals surface area contributed by atoms with Crippen LogP contribution in [0.3, 0.4) is 0 Å². The molecule has 0 amide bonds. The maximum atomic E-state index is 13.3. The lowest BCUT2D eigenvalue weighted by Gasteiger charge is -2.36. The lowest BCUT2D eigenvalue weighted by molar-refractivity contribution is -0.163. The van der Waals surface area contributed by atoms with Gasteiger partial charge in [-0.05, 0) is 74.3 Å². The van der Waals surface area contributed by atoms with Crippen LogP contribution in [0.1, 0.15) is 87.6 Å². The zero-order chi connectivity index (χ0) is 37.1. The molecule has 0 aliphatic carbocycles. The van der Waals surface area contributed by atoms with E-state index in [2.05, 4.69) is 31.7 Å². The summed E-state index contributed by atoms with van der Waals surface area (Å²) in [6.45, 7) is 25.1. The van der Waals surface area contributed by atoms with Crippen molar-refractivity contribution in [1.29, 1.82) is 0 Å². The second-order valence-electron chi connectivity index (χ2n) is 15.2. The van der Waals surface area contributed by atoms with Gasteiger partial charge in [-0.1, -0.05) is 43.7 Å². The highest BCUT2D eigenvalue weighted by Crippen LogP contribution is 2.16. The minimum atomic E-state index is -0.591. The molecular weight excluding hydrogens is 628 g/mol. The molecule has 1 saturated heterocycles. The zero-order valence-corrected chi connectivity index (χ0v) is 31.8. The predicted molar refractivity (Wildman–Crippen MR) is 191 cm³/mol. The second-order valence-corrected chi connectivity index (χ2v) is 15.2. The van der Waals surface area contributed by atoms with Gasteiger partial charge in [0.25, 0.3) is 6.47 Å². The molecule has 0 saturated carbocycles. The summed E-state index contributed by atoms with van der Waals surface area (Å²) in [5.74, 6) is -0.764. The van der Waals surface area contributed by atoms with E-state index in [9.17, 15) is 19.2 Å². The monoisotopic (exact) mass is 692 g/mol. The van der Waals surface area contributed by atoms with Crippen molar-refractivity contribution in [2.45, 2.75) is 112 Å². The number of nitrogens with zero attached hydrogens (tertiary/aromatic N) is 3. The van der Waals surface area contributed by atoms with Crippen LogP contribution in [-0.4, -0.2) is 127 Å². The summed E-state index contributed by atoms with van der Waals surface area (Å²) in [4.78, 5) is 54.6. The number of hydrogen-bond acceptors (Lipinski definition) is 12. The van der Waals surface area contributed by atoms with Gasteiger partial charge in [0.2, 0.25) is 0 Å². The molecule has 12 nitrogen and oxygen atoms in total. The van der Waals surface area contributed by atoms with Crippen LogP contribution in [0.25, 0.3) is 0 Å². The topological polar surface area (TPSA) is 127 Å². The SMILES string of the molecule is CCCC(C(=O)OC(C)(C)C)N1CCN(CC(=O)OC(C)(C)C)CCNCCN(CC(=O)OC(C)(C)C)CC1.O=COCc1ccccc1. The molecule has 0 aromatic heterocycles. The van der Waals surface area contributed by atoms with Crippen LogP contribution < -0.4 is 5.32 Å². The second kappa shape index (κ2) is 21.9. The van der Waals surface area contributed by atoms with Gasteiger partial charge in [-0.25, -0.2) is 0 Å². The van der Waals surface area contributed by atoms with Gasteiger partial charge >= 0.3 is 17.9 Å². The quantitative estimate of drug-likeness (QED) is 0.204. The number of carbonyl (C=O) groups excluding carboxylic acids is 4. The Morgan fingerprint density at radius 1 is 0.735 bits per heavy atom. The Kier molecular flexibility index (Phi) is 19.7. The van der Waals surface area contributed by atoms with Gasteiger partial charge in [0.1, 0.15) is 29.5 Å². The molecule has 1 fully saturated rings. The zero-order valence-electron chi connectivity index (χ0n) is 31.8. The molecule has 0 spiro atoms. The van der Waals surface area contributed by atoms with Crippen molar-refractivity contribution in [3.63, 3.8) is 0 Å². The van der Waals surface area contributed by atoms with E-state index in [1.54, 1.807) is 0 Å². The molecule has 0 bridgehead atoms. The Bertz CT molecular complexity index is 1070. The van der Waals surface area contributed by atoms with Crippen molar-refractivity contribution in [3.05, 3.63) is 35.9 Å². The van der Waals surface area contributed by atoms with E-state index in [0.29, 0.717) is 71.9 Å². The summed E-state index contributed by atoms with van der Waals surface area (Å²) in [7, 11) is 0. The van der Waals surface area contributed by atoms with E-state index in [0.717, 1.165) is 12.0 Å². The van der Waals surface area contributed by atoms with E-state index >= 15 is 0 Å². The van der Waals surface area contributed by atoms with Gasteiger partial charge in [0, 0.05) is 52.4 Å². The summed E-state index contributed by atoms with van der Waals surface area (Å²) in [5.41, 5.74) is -0.676. The van der Waals surface area contributed by atoms with Crippen molar-refractivity contribution in [2.75, 3.05) is 65.4 Å². The van der Waals surface area contributed by atoms with Gasteiger partial charge in [0.05, 0.1) is 13.1 Å². The Balaban J connectivity index is 0.00000102. The third-order valence-electron chi connectivity index (χ3n) is 7.00. The fraction of sp³-hybridized carbons (Fsp3) is 0.730. The summed E-state index contributed by atoms with van der Waals surface area (Å²) < 4.78 is 21.5. The Morgan fingerprint density at radius 3 is 1.61 bits per heavy atom. The van der Waals surface area contributed by atoms with E-state index < -0.39 is 22.8 Å². The number of rotatable bonds is 11. The molecule has 2 rings (SSSR count). The lowest BCUT2D eigenvalue weighted by atomic mass is 10.1. The summed E-state index contributed by atoms with van der Waals surface area (Å²) >= 11 is 0. The molecule has 0 radical (unpaired) electrons. The first-order valence-corrected chi connectivity index (χ1v) is 17.5. The minimum absolute atomic E-state index is 0.183. The van der Waals surface area contributed by atoms with Gasteiger partial charge in [-0.2, -0.15) is 0 Å². The van der Waals surface area contributed by atoms with Gasteiger partial charge in [-0.3, -0.25) is 33.9 Å². The maximum Gasteiger partial charge on any atom is 0.323 e. The molecule has 12 heteroatoms. The van der Waals surface area contributed by atoms with Crippen LogP contribution in [0.4, 0.5) is 0 Å². The van der Waals surface area contributed by atoms with Crippen LogP contribution >= 0.6 is 0 Å². The smallest absolute Gasteiger partial charge is 0.323 e. The van der Waals surface area contributed by atoms with Gasteiger partial charge in [0.15, 0.2) is 0 Å². The van der Waals surface area contributed by atoms with Crippen LogP contribution in [0.15, 0.2) is 30.3 Å². The van der Waals surface area contributed by atoms with Crippen molar-refractivity contribution in [3.8, 4) is 0 Å². The molecule has 1 aliphatic rings. The Hall–Kier alpha value is -3.06. The fourth-order valence-electron chi connectivity index (χ4n) is 5.01. The minimum Gasteiger partial charge on any atom is -0.463 e. The molecule has 1 aliphatic heterocycles. The molecular formula is C37H64N4O8. The van der Waals surface area contributed by atoms with E-state index in [1.807, 2.05) is 92.6 Å². The number of esters is 3. The molecule has 280 valence electrons. The number of ether oxygens (including phenoxy) is 4. The molecule has 1 N–H and O–H groups in total. The van der Waals surface area contributed by atoms with Gasteiger partial charge in [-0.15, -0.1) is 0 Å². The molecule has 1 unspecified atom stereocenters. The third kappa shape index (κ3) is 22.3. The largest absolute Gasteiger partial charge is 0.463 e. The first-order chi connectivity index (χ1) is 22.8. The molecule has 1 aromatic carbocycles. The number of nitrogens with one attached hydrogen (secondary N) is 1. The van der Waals surface area contributed by atoms with Crippen LogP contribution in [-0.2, 0) is 44.7 Å². The number of hydrogen-bond donors (Lipinski definition) is 1. The summed E-state index contributed by atoms with van der Waals surface area (Å²) in [5, 5.41) is 3.43. The lowest BCUT2D eigenvalue weighted by Crippen LogP contribution is -2.52. The Labute approximate surface area is 295 Å². The fourth-order valence-corrected chi connectivity index (χ4v) is 5.01. The standard InChI is InChI=1S/C29H56N4O6.C8H8O2/c1-11-12-23(26(36)39-29(8,9)10)33-19-17-31(21-24(34)37-27(2,3)4)15-13-30-14-16-32(18-20-33)22-25(35)38-28(5,6)7;9-7-10-6-8-4-2-1-3-5-8/h23,30H,11-22H2,1-10H3;1-5,7H,6H2. The molecule has 1 aromatic rings. The number of carbonyl (C=O) groups is 4. The van der Waals surface area contributed by atoms with Crippen LogP contribution in [0.2, 0.25) is 0 Å². The highest BCUT2D eigenvalue weighted by molar-refractivity contribution is 5.76. The first kappa shape index (κ1) is 44.0. The molecule has 1 heterocycles. The van der Waals surface area contributed by atoms with Crippen LogP contribution in [0.5, 0.6) is 0 Å². The third-order valence-corrected chi connectivity index (χ3v) is 7.00. The first-order valence-electron chi connectivity index (χ1n) is 17.5. The van der Waals surface area contributed by atoms with E-state index in [1.165, 1.54) is 0 Å². The highest BCUT2D eigenvalue weighted by Gasteiger charge is 2.31. The molecule has 1 atom stereocenters. The van der Waals surface area contributed by atoms with Crippen molar-refractivity contribution in [2.24, 2.45) is 0 Å². The Morgan fingerprint density at radius 2 is 1.20 bits per heavy atom. The molecule has 49 heavy (non-hydrogen) atoms. The normalized spacial score (nSPS) is 16.9. The summed E-state index contributed by atoms with van der Waals surface area (Å²) in [6.07, 6.45) is 1.49. The summed E-state index contributed by atoms with van der Waals surface area (Å²) in [6, 6.07) is 9.13. The van der Waals surface area contributed by atoms with E-state index in [-0.39, 0.29) is 31.0 Å². The van der Waals surface area contributed by atoms with Gasteiger partial charge < -0.3 is 24.3 Å². The maximum absolute atomic E-state index is 13.3. The average Bonchev–Trinajstić information content (AvgIpc) is 2.95. The van der Waals surface area contributed by atoms with Crippen LogP contribution in [0, 0.1) is 0 Å².